The first-order chi connectivity index (χ1) is 40.3. The lowest BCUT2D eigenvalue weighted by Crippen LogP contribution is -2.54. The van der Waals surface area contributed by atoms with E-state index in [1.807, 2.05) is 81.0 Å². The number of piperidine rings is 2. The minimum absolute atomic E-state index is 0.0572. The summed E-state index contributed by atoms with van der Waals surface area (Å²) in [7, 11) is 1.60. The molecule has 83 heavy (non-hydrogen) atoms. The summed E-state index contributed by atoms with van der Waals surface area (Å²) in [4.78, 5) is 49.9. The van der Waals surface area contributed by atoms with Crippen LogP contribution in [0.2, 0.25) is 0 Å². The first-order valence-corrected chi connectivity index (χ1v) is 30.7. The highest BCUT2D eigenvalue weighted by Crippen LogP contribution is 2.41. The molecule has 6 atom stereocenters. The van der Waals surface area contributed by atoms with Crippen LogP contribution in [0.4, 0.5) is 23.0 Å². The van der Waals surface area contributed by atoms with Gasteiger partial charge in [0.15, 0.2) is 17.4 Å². The van der Waals surface area contributed by atoms with Gasteiger partial charge in [-0.15, -0.1) is 21.5 Å². The lowest BCUT2D eigenvalue weighted by atomic mass is 9.91. The maximum Gasteiger partial charge on any atom is 0.243 e. The number of nitrogens with zero attached hydrogens (tertiary/aromatic N) is 10. The third kappa shape index (κ3) is 12.4. The molecule has 1 aliphatic carbocycles. The molecule has 4 aromatic heterocycles. The van der Waals surface area contributed by atoms with Crippen molar-refractivity contribution in [1.82, 2.24) is 40.4 Å². The molecule has 2 aromatic carbocycles. The van der Waals surface area contributed by atoms with Crippen molar-refractivity contribution < 1.29 is 38.5 Å². The van der Waals surface area contributed by atoms with Crippen LogP contribution in [0.1, 0.15) is 101 Å². The summed E-state index contributed by atoms with van der Waals surface area (Å²) in [6, 6.07) is 22.5. The summed E-state index contributed by atoms with van der Waals surface area (Å²) in [6.45, 7) is 12.7. The number of hydrogen-bond acceptors (Lipinski definition) is 19. The number of para-hydroxylation sites is 1. The predicted molar refractivity (Wildman–Crippen MR) is 317 cm³/mol. The van der Waals surface area contributed by atoms with E-state index >= 15 is 0 Å². The maximum absolute atomic E-state index is 14.5. The van der Waals surface area contributed by atoms with Gasteiger partial charge in [-0.3, -0.25) is 9.59 Å². The van der Waals surface area contributed by atoms with Crippen LogP contribution in [0.25, 0.3) is 21.7 Å². The average molecular weight is 1150 g/mol. The summed E-state index contributed by atoms with van der Waals surface area (Å²) >= 11 is 1.59. The number of methoxy groups -OCH3 is 1. The molecule has 1 saturated carbocycles. The zero-order valence-electron chi connectivity index (χ0n) is 48.0. The smallest absolute Gasteiger partial charge is 0.243 e. The van der Waals surface area contributed by atoms with E-state index in [0.29, 0.717) is 46.7 Å². The maximum atomic E-state index is 14.5. The summed E-state index contributed by atoms with van der Waals surface area (Å²) in [5, 5.41) is 37.6. The van der Waals surface area contributed by atoms with Crippen molar-refractivity contribution in [1.29, 1.82) is 0 Å². The van der Waals surface area contributed by atoms with Gasteiger partial charge in [0.2, 0.25) is 17.7 Å². The molecule has 6 aliphatic rings. The SMILES string of the molecule is COC[C@H](NC(=O)[C@@H]1C[C@@H](O)CN1C(=O)[C@@H](c1cc(N2CCC(CN3CCC(OC4CC(Oc5cc(N6C7CC[C@@H]6CN(c6cc(-c8ccccc8O)nnc6N)C7)ccn5)C4)CC3)CC2)no1)C(C)C)c1ccc(-c2scnc2C)cc1. The number of piperazine rings is 1. The Morgan fingerprint density at radius 1 is 0.855 bits per heavy atom. The zero-order valence-corrected chi connectivity index (χ0v) is 48.8. The molecule has 1 unspecified atom stereocenters. The third-order valence-corrected chi connectivity index (χ3v) is 19.1. The number of amides is 2. The number of aliphatic hydroxyl groups excluding tert-OH is 1. The Labute approximate surface area is 489 Å². The highest BCUT2D eigenvalue weighted by atomic mass is 32.1. The number of nitrogens with two attached hydrogens (primary N) is 1. The molecular formula is C62H78N12O8S. The number of aromatic nitrogens is 5. The fourth-order valence-electron chi connectivity index (χ4n) is 13.6. The van der Waals surface area contributed by atoms with Crippen LogP contribution >= 0.6 is 11.3 Å². The molecular weight excluding hydrogens is 1070 g/mol. The number of aryl methyl sites for hydroxylation is 1. The fraction of sp³-hybridized carbons (Fsp3) is 0.532. The van der Waals surface area contributed by atoms with Crippen LogP contribution in [0, 0.1) is 18.8 Å². The van der Waals surface area contributed by atoms with Gasteiger partial charge in [0.1, 0.15) is 23.8 Å². The molecule has 6 aromatic rings. The van der Waals surface area contributed by atoms with E-state index in [-0.39, 0.29) is 61.4 Å². The molecule has 5 saturated heterocycles. The molecule has 0 radical (unpaired) electrons. The van der Waals surface area contributed by atoms with Crippen molar-refractivity contribution in [3.63, 3.8) is 0 Å². The molecule has 9 heterocycles. The number of ether oxygens (including phenoxy) is 3. The van der Waals surface area contributed by atoms with E-state index in [1.54, 1.807) is 30.6 Å². The van der Waals surface area contributed by atoms with Gasteiger partial charge in [-0.2, -0.15) is 0 Å². The molecule has 20 nitrogen and oxygen atoms in total. The van der Waals surface area contributed by atoms with Crippen molar-refractivity contribution in [3.05, 3.63) is 102 Å². The second kappa shape index (κ2) is 24.7. The third-order valence-electron chi connectivity index (χ3n) is 18.1. The van der Waals surface area contributed by atoms with E-state index < -0.39 is 24.1 Å². The molecule has 12 rings (SSSR count). The van der Waals surface area contributed by atoms with E-state index in [9.17, 15) is 19.8 Å². The zero-order chi connectivity index (χ0) is 57.3. The summed E-state index contributed by atoms with van der Waals surface area (Å²) in [5.74, 6) is 1.56. The van der Waals surface area contributed by atoms with E-state index in [1.165, 1.54) is 4.90 Å². The fourth-order valence-corrected chi connectivity index (χ4v) is 14.4. The molecule has 5 N–H and O–H groups in total. The Hall–Kier alpha value is -6.91. The largest absolute Gasteiger partial charge is 0.507 e. The number of carbonyl (C=O) groups is 2. The number of fused-ring (bicyclic) bond motifs is 2. The number of likely N-dealkylation sites (tertiary alicyclic amines) is 2. The topological polar surface area (TPSA) is 234 Å². The van der Waals surface area contributed by atoms with Crippen LogP contribution in [0.15, 0.2) is 89.0 Å². The number of anilines is 4. The van der Waals surface area contributed by atoms with Crippen LogP contribution in [-0.2, 0) is 19.1 Å². The normalized spacial score (nSPS) is 24.1. The van der Waals surface area contributed by atoms with Crippen LogP contribution in [0.5, 0.6) is 11.6 Å². The van der Waals surface area contributed by atoms with Crippen LogP contribution in [0.3, 0.4) is 0 Å². The molecule has 6 fully saturated rings. The van der Waals surface area contributed by atoms with Gasteiger partial charge in [-0.25, -0.2) is 9.97 Å². The molecule has 440 valence electrons. The molecule has 2 bridgehead atoms. The first-order valence-electron chi connectivity index (χ1n) is 29.8. The number of phenols is 1. The lowest BCUT2D eigenvalue weighted by Gasteiger charge is -2.43. The number of nitrogens with one attached hydrogen (secondary N) is 1. The van der Waals surface area contributed by atoms with Gasteiger partial charge in [-0.1, -0.05) is 55.4 Å². The Morgan fingerprint density at radius 3 is 2.33 bits per heavy atom. The predicted octanol–water partition coefficient (Wildman–Crippen LogP) is 7.62. The highest BCUT2D eigenvalue weighted by molar-refractivity contribution is 7.13. The number of phenolic OH excluding ortho intramolecular Hbond substituents is 1. The number of hydrogen-bond donors (Lipinski definition) is 4. The minimum atomic E-state index is -0.855. The molecule has 5 aliphatic heterocycles. The Kier molecular flexibility index (Phi) is 16.9. The number of thiazole rings is 1. The minimum Gasteiger partial charge on any atom is -0.507 e. The second-order valence-electron chi connectivity index (χ2n) is 24.1. The number of nitrogen functional groups attached to an aromatic ring is 1. The highest BCUT2D eigenvalue weighted by Gasteiger charge is 2.45. The number of β-amino-alcohol motifs (C(OH)–C–C–N with tert-alkyl or cyclic N) is 1. The van der Waals surface area contributed by atoms with Crippen LogP contribution < -0.4 is 30.5 Å². The Balaban J connectivity index is 0.569. The molecule has 0 spiro atoms. The van der Waals surface area contributed by atoms with Gasteiger partial charge in [0, 0.05) is 120 Å². The van der Waals surface area contributed by atoms with Crippen molar-refractivity contribution in [3.8, 4) is 33.3 Å². The number of benzene rings is 2. The first kappa shape index (κ1) is 56.6. The quantitative estimate of drug-likeness (QED) is 0.0611. The lowest BCUT2D eigenvalue weighted by molar-refractivity contribution is -0.141. The second-order valence-corrected chi connectivity index (χ2v) is 24.9. The summed E-state index contributed by atoms with van der Waals surface area (Å²) in [6.07, 6.45) is 9.72. The van der Waals surface area contributed by atoms with Crippen molar-refractivity contribution in [2.75, 3.05) is 86.5 Å². The monoisotopic (exact) mass is 1150 g/mol. The summed E-state index contributed by atoms with van der Waals surface area (Å²) < 4.78 is 24.6. The van der Waals surface area contributed by atoms with Crippen molar-refractivity contribution in [2.24, 2.45) is 11.8 Å². The number of pyridine rings is 1. The van der Waals surface area contributed by atoms with Gasteiger partial charge in [0.25, 0.3) is 0 Å². The number of aliphatic hydroxyl groups is 1. The average Bonchev–Trinajstić information content (AvgIpc) is 4.20. The van der Waals surface area contributed by atoms with Gasteiger partial charge in [-0.05, 0) is 92.7 Å². The summed E-state index contributed by atoms with van der Waals surface area (Å²) in [5.41, 5.74) is 14.3. The number of aromatic hydroxyl groups is 1. The van der Waals surface area contributed by atoms with Gasteiger partial charge in [0.05, 0.1) is 58.4 Å². The van der Waals surface area contributed by atoms with Crippen molar-refractivity contribution in [2.45, 2.75) is 133 Å². The van der Waals surface area contributed by atoms with Crippen LogP contribution in [-0.4, -0.2) is 166 Å². The Bertz CT molecular complexity index is 3180. The molecule has 2 amide bonds. The Morgan fingerprint density at radius 2 is 1.61 bits per heavy atom. The van der Waals surface area contributed by atoms with Gasteiger partial charge < -0.3 is 64.5 Å². The number of carbonyl (C=O) groups excluding carboxylic acids is 2. The standard InChI is InChI=1S/C62H78N12O8S/c1-37(2)58(62(78)73-34-45(75)26-53(73)61(77)66-51(35-79-4)40-9-11-41(12-10-40)59-38(3)65-36-83-59)55-30-56(69-82-55)71-23-16-39(17-24-71)31-70-21-18-46(19-22-70)80-47-27-48(28-47)81-57-25-42(15-20-64-57)74-43-13-14-44(74)33-72(32-43)52-29-50(67-68-60(52)63)49-7-5-6-8-54(49)76/h5-12,15,20,25,29-30,36-37,39,43-48,51,53,58,75-76H,13-14,16-19,21-24,26-28,31-35H2,1-4H3,(H2,63,68)(H,66,77)/t43-,44?,45-,47?,48?,51+,53+,58-/m1/s1. The number of rotatable bonds is 19. The van der Waals surface area contributed by atoms with Crippen molar-refractivity contribution >= 4 is 46.2 Å². The van der Waals surface area contributed by atoms with Gasteiger partial charge >= 0.3 is 0 Å². The molecule has 21 heteroatoms. The van der Waals surface area contributed by atoms with E-state index in [2.05, 4.69) is 62.4 Å². The van der Waals surface area contributed by atoms with E-state index in [4.69, 9.17) is 24.5 Å². The van der Waals surface area contributed by atoms with E-state index in [0.717, 1.165) is 136 Å².